The van der Waals surface area contributed by atoms with Gasteiger partial charge in [0.1, 0.15) is 0 Å². The molecular weight excluding hydrogens is 302 g/mol. The molecule has 0 saturated carbocycles. The van der Waals surface area contributed by atoms with Crippen LogP contribution in [0.2, 0.25) is 0 Å². The van der Waals surface area contributed by atoms with Crippen LogP contribution in [-0.2, 0) is 0 Å². The third-order valence-electron chi connectivity index (χ3n) is 4.17. The van der Waals surface area contributed by atoms with E-state index in [9.17, 15) is 4.79 Å². The van der Waals surface area contributed by atoms with E-state index < -0.39 is 0 Å². The summed E-state index contributed by atoms with van der Waals surface area (Å²) < 4.78 is 1.58. The molecule has 24 heavy (non-hydrogen) atoms. The van der Waals surface area contributed by atoms with Gasteiger partial charge in [0.2, 0.25) is 5.95 Å². The maximum Gasteiger partial charge on any atom is 0.267 e. The highest BCUT2D eigenvalue weighted by Gasteiger charge is 2.31. The molecule has 4 rings (SSSR count). The summed E-state index contributed by atoms with van der Waals surface area (Å²) >= 11 is 0. The third-order valence-corrected chi connectivity index (χ3v) is 4.17. The molecule has 6 heteroatoms. The highest BCUT2D eigenvalue weighted by molar-refractivity contribution is 5.57. The molecule has 120 valence electrons. The van der Waals surface area contributed by atoms with E-state index in [1.165, 1.54) is 0 Å². The second-order valence-electron chi connectivity index (χ2n) is 5.92. The second-order valence-corrected chi connectivity index (χ2v) is 5.92. The smallest absolute Gasteiger partial charge is 0.267 e. The van der Waals surface area contributed by atoms with Gasteiger partial charge in [0, 0.05) is 36.6 Å². The lowest BCUT2D eigenvalue weighted by molar-refractivity contribution is 0.350. The predicted molar refractivity (Wildman–Crippen MR) is 92.0 cm³/mol. The van der Waals surface area contributed by atoms with E-state index in [1.807, 2.05) is 43.3 Å². The molecule has 0 N–H and O–H groups in total. The Morgan fingerprint density at radius 1 is 1.04 bits per heavy atom. The van der Waals surface area contributed by atoms with Gasteiger partial charge in [-0.15, -0.1) is 0 Å². The molecule has 0 spiro atoms. The molecule has 1 aliphatic heterocycles. The topological polar surface area (TPSA) is 63.9 Å². The van der Waals surface area contributed by atoms with Crippen LogP contribution in [0.5, 0.6) is 0 Å². The fraction of sp³-hybridized carbons (Fsp3) is 0.222. The van der Waals surface area contributed by atoms with E-state index in [2.05, 4.69) is 20.0 Å². The summed E-state index contributed by atoms with van der Waals surface area (Å²) in [6.07, 6.45) is 1.76. The molecule has 0 atom stereocenters. The molecule has 1 aromatic carbocycles. The van der Waals surface area contributed by atoms with Crippen LogP contribution in [0.25, 0.3) is 11.3 Å². The summed E-state index contributed by atoms with van der Waals surface area (Å²) in [6, 6.07) is 15.1. The number of aromatic nitrogens is 4. The van der Waals surface area contributed by atoms with Crippen molar-refractivity contribution in [3.8, 4) is 11.3 Å². The Labute approximate surface area is 139 Å². The zero-order chi connectivity index (χ0) is 16.5. The summed E-state index contributed by atoms with van der Waals surface area (Å²) in [5.74, 6) is 0.707. The minimum Gasteiger partial charge on any atom is -0.336 e. The molecule has 0 aliphatic carbocycles. The first-order valence-electron chi connectivity index (χ1n) is 7.90. The van der Waals surface area contributed by atoms with Crippen LogP contribution in [0.4, 0.5) is 5.95 Å². The van der Waals surface area contributed by atoms with Gasteiger partial charge >= 0.3 is 0 Å². The Hall–Kier alpha value is -3.02. The zero-order valence-electron chi connectivity index (χ0n) is 13.3. The normalized spacial score (nSPS) is 14.5. The molecule has 3 aromatic rings. The van der Waals surface area contributed by atoms with Crippen LogP contribution >= 0.6 is 0 Å². The quantitative estimate of drug-likeness (QED) is 0.739. The van der Waals surface area contributed by atoms with Gasteiger partial charge in [-0.2, -0.15) is 5.10 Å². The van der Waals surface area contributed by atoms with Crippen molar-refractivity contribution in [3.63, 3.8) is 0 Å². The van der Waals surface area contributed by atoms with E-state index in [-0.39, 0.29) is 11.6 Å². The molecule has 0 bridgehead atoms. The van der Waals surface area contributed by atoms with Gasteiger partial charge in [-0.3, -0.25) is 4.79 Å². The van der Waals surface area contributed by atoms with E-state index in [0.29, 0.717) is 19.0 Å². The molecule has 1 fully saturated rings. The second kappa shape index (κ2) is 5.88. The fourth-order valence-electron chi connectivity index (χ4n) is 2.81. The predicted octanol–water partition coefficient (Wildman–Crippen LogP) is 2.07. The van der Waals surface area contributed by atoms with Gasteiger partial charge in [-0.25, -0.2) is 14.6 Å². The van der Waals surface area contributed by atoms with Gasteiger partial charge in [0.25, 0.3) is 5.56 Å². The minimum absolute atomic E-state index is 0.0466. The number of rotatable bonds is 3. The van der Waals surface area contributed by atoms with Crippen LogP contribution in [0.1, 0.15) is 11.7 Å². The number of benzene rings is 1. The molecule has 1 aliphatic rings. The fourth-order valence-corrected chi connectivity index (χ4v) is 2.81. The van der Waals surface area contributed by atoms with Gasteiger partial charge in [-0.05, 0) is 19.1 Å². The average Bonchev–Trinajstić information content (AvgIpc) is 2.56. The Kier molecular flexibility index (Phi) is 3.57. The molecule has 6 nitrogen and oxygen atoms in total. The summed E-state index contributed by atoms with van der Waals surface area (Å²) in [7, 11) is 0. The first-order chi connectivity index (χ1) is 11.7. The van der Waals surface area contributed by atoms with E-state index in [0.717, 1.165) is 17.0 Å². The SMILES string of the molecule is Cc1ccnc(N2CC(n3nc(-c4ccccc4)ccc3=O)C2)n1. The summed E-state index contributed by atoms with van der Waals surface area (Å²) in [6.45, 7) is 3.32. The van der Waals surface area contributed by atoms with Crippen LogP contribution in [0.3, 0.4) is 0 Å². The monoisotopic (exact) mass is 319 g/mol. The summed E-state index contributed by atoms with van der Waals surface area (Å²) in [5.41, 5.74) is 2.67. The van der Waals surface area contributed by atoms with Gasteiger partial charge < -0.3 is 4.90 Å². The van der Waals surface area contributed by atoms with Crippen molar-refractivity contribution in [1.29, 1.82) is 0 Å². The molecule has 3 heterocycles. The number of aryl methyl sites for hydroxylation is 1. The van der Waals surface area contributed by atoms with E-state index in [1.54, 1.807) is 23.0 Å². The van der Waals surface area contributed by atoms with Gasteiger partial charge in [0.05, 0.1) is 11.7 Å². The standard InChI is InChI=1S/C18H17N5O/c1-13-9-10-19-18(20-13)22-11-15(12-22)23-17(24)8-7-16(21-23)14-5-3-2-4-6-14/h2-10,15H,11-12H2,1H3. The highest BCUT2D eigenvalue weighted by Crippen LogP contribution is 2.24. The van der Waals surface area contributed by atoms with Crippen molar-refractivity contribution in [2.24, 2.45) is 0 Å². The minimum atomic E-state index is -0.0792. The van der Waals surface area contributed by atoms with Crippen molar-refractivity contribution in [1.82, 2.24) is 19.7 Å². The Balaban J connectivity index is 1.57. The van der Waals surface area contributed by atoms with Crippen molar-refractivity contribution < 1.29 is 0 Å². The Morgan fingerprint density at radius 3 is 2.58 bits per heavy atom. The molecule has 0 amide bonds. The largest absolute Gasteiger partial charge is 0.336 e. The number of anilines is 1. The lowest BCUT2D eigenvalue weighted by Crippen LogP contribution is -2.51. The summed E-state index contributed by atoms with van der Waals surface area (Å²) in [4.78, 5) is 22.9. The van der Waals surface area contributed by atoms with Crippen LogP contribution in [0, 0.1) is 6.92 Å². The molecular formula is C18H17N5O. The Morgan fingerprint density at radius 2 is 1.83 bits per heavy atom. The lowest BCUT2D eigenvalue weighted by Gasteiger charge is -2.39. The molecule has 0 unspecified atom stereocenters. The van der Waals surface area contributed by atoms with Crippen LogP contribution in [-0.4, -0.2) is 32.8 Å². The van der Waals surface area contributed by atoms with Crippen molar-refractivity contribution >= 4 is 5.95 Å². The number of hydrogen-bond donors (Lipinski definition) is 0. The van der Waals surface area contributed by atoms with Gasteiger partial charge in [0.15, 0.2) is 0 Å². The zero-order valence-corrected chi connectivity index (χ0v) is 13.3. The number of nitrogens with zero attached hydrogens (tertiary/aromatic N) is 5. The maximum absolute atomic E-state index is 12.2. The molecule has 2 aromatic heterocycles. The third kappa shape index (κ3) is 2.67. The highest BCUT2D eigenvalue weighted by atomic mass is 16.1. The molecule has 0 radical (unpaired) electrons. The van der Waals surface area contributed by atoms with Crippen molar-refractivity contribution in [2.45, 2.75) is 13.0 Å². The Bertz CT molecular complexity index is 916. The molecule has 1 saturated heterocycles. The van der Waals surface area contributed by atoms with Crippen molar-refractivity contribution in [3.05, 3.63) is 70.8 Å². The van der Waals surface area contributed by atoms with E-state index >= 15 is 0 Å². The maximum atomic E-state index is 12.2. The van der Waals surface area contributed by atoms with E-state index in [4.69, 9.17) is 0 Å². The van der Waals surface area contributed by atoms with Crippen LogP contribution < -0.4 is 10.5 Å². The average molecular weight is 319 g/mol. The first-order valence-corrected chi connectivity index (χ1v) is 7.90. The lowest BCUT2D eigenvalue weighted by atomic mass is 10.1. The summed E-state index contributed by atoms with van der Waals surface area (Å²) in [5, 5.41) is 4.55. The van der Waals surface area contributed by atoms with Crippen LogP contribution in [0.15, 0.2) is 59.5 Å². The van der Waals surface area contributed by atoms with Gasteiger partial charge in [-0.1, -0.05) is 30.3 Å². The first kappa shape index (κ1) is 14.6. The number of hydrogen-bond acceptors (Lipinski definition) is 5. The van der Waals surface area contributed by atoms with Crippen molar-refractivity contribution in [2.75, 3.05) is 18.0 Å².